The first-order chi connectivity index (χ1) is 12.9. The zero-order chi connectivity index (χ0) is 19.4. The van der Waals surface area contributed by atoms with Crippen LogP contribution in [0.15, 0.2) is 27.6 Å². The van der Waals surface area contributed by atoms with Crippen molar-refractivity contribution >= 4 is 10.0 Å². The van der Waals surface area contributed by atoms with E-state index in [1.54, 1.807) is 23.4 Å². The minimum atomic E-state index is -3.55. The average Bonchev–Trinajstić information content (AvgIpc) is 3.11. The third kappa shape index (κ3) is 4.41. The minimum Gasteiger partial charge on any atom is -0.493 e. The predicted molar refractivity (Wildman–Crippen MR) is 98.4 cm³/mol. The first-order valence-corrected chi connectivity index (χ1v) is 10.4. The average molecular weight is 395 g/mol. The van der Waals surface area contributed by atoms with Gasteiger partial charge in [0.2, 0.25) is 15.9 Å². The van der Waals surface area contributed by atoms with E-state index in [0.717, 1.165) is 25.7 Å². The van der Waals surface area contributed by atoms with Gasteiger partial charge in [0.15, 0.2) is 17.3 Å². The number of benzene rings is 1. The highest BCUT2D eigenvalue weighted by molar-refractivity contribution is 7.89. The molecule has 0 aliphatic carbocycles. The molecule has 1 aromatic carbocycles. The van der Waals surface area contributed by atoms with Gasteiger partial charge in [-0.05, 0) is 37.3 Å². The predicted octanol–water partition coefficient (Wildman–Crippen LogP) is 2.43. The van der Waals surface area contributed by atoms with E-state index in [2.05, 4.69) is 10.1 Å². The second-order valence-electron chi connectivity index (χ2n) is 6.63. The Morgan fingerprint density at radius 3 is 2.48 bits per heavy atom. The summed E-state index contributed by atoms with van der Waals surface area (Å²) < 4.78 is 42.8. The lowest BCUT2D eigenvalue weighted by Crippen LogP contribution is -2.38. The second-order valence-corrected chi connectivity index (χ2v) is 8.57. The summed E-state index contributed by atoms with van der Waals surface area (Å²) in [5.74, 6) is 2.66. The van der Waals surface area contributed by atoms with Crippen LogP contribution in [-0.4, -0.2) is 50.2 Å². The van der Waals surface area contributed by atoms with Crippen LogP contribution in [0.25, 0.3) is 0 Å². The number of sulfonamides is 1. The summed E-state index contributed by atoms with van der Waals surface area (Å²) in [5, 5.41) is 3.91. The number of aromatic nitrogens is 2. The quantitative estimate of drug-likeness (QED) is 0.710. The molecule has 1 aliphatic rings. The first kappa shape index (κ1) is 19.6. The minimum absolute atomic E-state index is 0.223. The number of piperidine rings is 1. The lowest BCUT2D eigenvalue weighted by Gasteiger charge is -2.31. The van der Waals surface area contributed by atoms with Crippen LogP contribution in [0, 0.1) is 12.8 Å². The number of hydrogen-bond acceptors (Lipinski definition) is 7. The standard InChI is InChI=1S/C18H25N3O5S/c1-13-19-18(20-26-13)7-4-14-8-10-21(11-9-14)27(22,23)15-5-6-16(24-2)17(12-15)25-3/h5-6,12,14H,4,7-11H2,1-3H3. The third-order valence-corrected chi connectivity index (χ3v) is 6.81. The van der Waals surface area contributed by atoms with Gasteiger partial charge in [-0.25, -0.2) is 8.42 Å². The molecule has 2 heterocycles. The molecule has 0 spiro atoms. The van der Waals surface area contributed by atoms with E-state index in [9.17, 15) is 8.42 Å². The molecule has 1 fully saturated rings. The largest absolute Gasteiger partial charge is 0.493 e. The van der Waals surface area contributed by atoms with Crippen LogP contribution >= 0.6 is 0 Å². The molecule has 0 N–H and O–H groups in total. The summed E-state index contributed by atoms with van der Waals surface area (Å²) >= 11 is 0. The Hall–Kier alpha value is -2.13. The topological polar surface area (TPSA) is 94.8 Å². The van der Waals surface area contributed by atoms with Crippen molar-refractivity contribution in [3.8, 4) is 11.5 Å². The van der Waals surface area contributed by atoms with Crippen LogP contribution in [0.4, 0.5) is 0 Å². The lowest BCUT2D eigenvalue weighted by atomic mass is 9.93. The zero-order valence-electron chi connectivity index (χ0n) is 15.8. The highest BCUT2D eigenvalue weighted by Crippen LogP contribution is 2.32. The molecule has 27 heavy (non-hydrogen) atoms. The summed E-state index contributed by atoms with van der Waals surface area (Å²) in [4.78, 5) is 4.44. The van der Waals surface area contributed by atoms with E-state index >= 15 is 0 Å². The van der Waals surface area contributed by atoms with Crippen molar-refractivity contribution in [2.24, 2.45) is 5.92 Å². The van der Waals surface area contributed by atoms with E-state index in [1.165, 1.54) is 20.3 Å². The van der Waals surface area contributed by atoms with Crippen LogP contribution in [-0.2, 0) is 16.4 Å². The van der Waals surface area contributed by atoms with Crippen molar-refractivity contribution < 1.29 is 22.4 Å². The fourth-order valence-corrected chi connectivity index (χ4v) is 4.83. The molecule has 0 atom stereocenters. The van der Waals surface area contributed by atoms with Crippen molar-refractivity contribution in [2.45, 2.75) is 37.5 Å². The van der Waals surface area contributed by atoms with Crippen LogP contribution in [0.2, 0.25) is 0 Å². The van der Waals surface area contributed by atoms with Crippen molar-refractivity contribution in [3.05, 3.63) is 29.9 Å². The Balaban J connectivity index is 1.61. The zero-order valence-corrected chi connectivity index (χ0v) is 16.7. The van der Waals surface area contributed by atoms with Gasteiger partial charge in [-0.2, -0.15) is 9.29 Å². The number of aryl methyl sites for hydroxylation is 2. The summed E-state index contributed by atoms with van der Waals surface area (Å²) in [7, 11) is -0.537. The molecular weight excluding hydrogens is 370 g/mol. The Morgan fingerprint density at radius 2 is 1.89 bits per heavy atom. The molecule has 1 aromatic heterocycles. The van der Waals surface area contributed by atoms with Crippen molar-refractivity contribution in [2.75, 3.05) is 27.3 Å². The van der Waals surface area contributed by atoms with Gasteiger partial charge in [0.1, 0.15) is 0 Å². The Morgan fingerprint density at radius 1 is 1.19 bits per heavy atom. The summed E-state index contributed by atoms with van der Waals surface area (Å²) in [6, 6.07) is 4.69. The number of hydrogen-bond donors (Lipinski definition) is 0. The number of methoxy groups -OCH3 is 2. The van der Waals surface area contributed by atoms with Crippen LogP contribution in [0.3, 0.4) is 0 Å². The van der Waals surface area contributed by atoms with Gasteiger partial charge >= 0.3 is 0 Å². The summed E-state index contributed by atoms with van der Waals surface area (Å²) in [6.07, 6.45) is 3.33. The molecule has 0 unspecified atom stereocenters. The van der Waals surface area contributed by atoms with Gasteiger partial charge in [0.05, 0.1) is 19.1 Å². The molecule has 0 radical (unpaired) electrons. The second kappa shape index (κ2) is 8.26. The number of ether oxygens (including phenoxy) is 2. The van der Waals surface area contributed by atoms with Gasteiger partial charge in [-0.15, -0.1) is 0 Å². The van der Waals surface area contributed by atoms with Crippen LogP contribution in [0.1, 0.15) is 31.0 Å². The van der Waals surface area contributed by atoms with Gasteiger partial charge < -0.3 is 14.0 Å². The van der Waals surface area contributed by atoms with Crippen molar-refractivity contribution in [3.63, 3.8) is 0 Å². The molecule has 148 valence electrons. The molecule has 9 heteroatoms. The number of rotatable bonds is 7. The molecule has 1 aliphatic heterocycles. The maximum absolute atomic E-state index is 12.9. The molecular formula is C18H25N3O5S. The van der Waals surface area contributed by atoms with Crippen LogP contribution < -0.4 is 9.47 Å². The Kier molecular flexibility index (Phi) is 6.01. The van der Waals surface area contributed by atoms with E-state index < -0.39 is 10.0 Å². The van der Waals surface area contributed by atoms with E-state index in [-0.39, 0.29) is 4.90 Å². The maximum Gasteiger partial charge on any atom is 0.243 e. The van der Waals surface area contributed by atoms with Gasteiger partial charge in [0.25, 0.3) is 0 Å². The molecule has 0 saturated carbocycles. The van der Waals surface area contributed by atoms with Crippen LogP contribution in [0.5, 0.6) is 11.5 Å². The van der Waals surface area contributed by atoms with E-state index in [0.29, 0.717) is 42.2 Å². The molecule has 1 saturated heterocycles. The Bertz CT molecular complexity index is 873. The number of nitrogens with zero attached hydrogens (tertiary/aromatic N) is 3. The SMILES string of the molecule is COc1ccc(S(=O)(=O)N2CCC(CCc3noc(C)n3)CC2)cc1OC. The fraction of sp³-hybridized carbons (Fsp3) is 0.556. The highest BCUT2D eigenvalue weighted by Gasteiger charge is 2.30. The van der Waals surface area contributed by atoms with Gasteiger partial charge in [-0.1, -0.05) is 5.16 Å². The smallest absolute Gasteiger partial charge is 0.243 e. The maximum atomic E-state index is 12.9. The van der Waals surface area contributed by atoms with Crippen molar-refractivity contribution in [1.82, 2.24) is 14.4 Å². The Labute approximate surface area is 159 Å². The van der Waals surface area contributed by atoms with E-state index in [1.807, 2.05) is 0 Å². The molecule has 8 nitrogen and oxygen atoms in total. The summed E-state index contributed by atoms with van der Waals surface area (Å²) in [6.45, 7) is 2.78. The monoisotopic (exact) mass is 395 g/mol. The molecule has 0 bridgehead atoms. The molecule has 3 rings (SSSR count). The third-order valence-electron chi connectivity index (χ3n) is 4.91. The normalized spacial score (nSPS) is 16.4. The first-order valence-electron chi connectivity index (χ1n) is 8.95. The lowest BCUT2D eigenvalue weighted by molar-refractivity contribution is 0.262. The highest BCUT2D eigenvalue weighted by atomic mass is 32.2. The molecule has 0 amide bonds. The molecule has 2 aromatic rings. The van der Waals surface area contributed by atoms with E-state index in [4.69, 9.17) is 14.0 Å². The summed E-state index contributed by atoms with van der Waals surface area (Å²) in [5.41, 5.74) is 0. The fourth-order valence-electron chi connectivity index (χ4n) is 3.34. The van der Waals surface area contributed by atoms with Gasteiger partial charge in [-0.3, -0.25) is 0 Å². The van der Waals surface area contributed by atoms with Crippen molar-refractivity contribution in [1.29, 1.82) is 0 Å². The van der Waals surface area contributed by atoms with Gasteiger partial charge in [0, 0.05) is 32.5 Å².